The molecular formula is C16H28BrF3O4. The third-order valence-corrected chi connectivity index (χ3v) is 4.18. The van der Waals surface area contributed by atoms with Crippen molar-refractivity contribution in [1.82, 2.24) is 0 Å². The largest absolute Gasteiger partial charge is 0.460 e. The molecule has 0 bridgehead atoms. The summed E-state index contributed by atoms with van der Waals surface area (Å²) in [4.78, 5) is 11.7. The summed E-state index contributed by atoms with van der Waals surface area (Å²) < 4.78 is 44.2. The van der Waals surface area contributed by atoms with Crippen LogP contribution in [0.2, 0.25) is 0 Å². The Kier molecular flexibility index (Phi) is 12.8. The Morgan fingerprint density at radius 1 is 1.42 bits per heavy atom. The molecule has 0 spiro atoms. The molecule has 1 fully saturated rings. The number of rotatable bonds is 7. The van der Waals surface area contributed by atoms with Gasteiger partial charge in [-0.1, -0.05) is 49.0 Å². The topological polar surface area (TPSA) is 55.8 Å². The van der Waals surface area contributed by atoms with Crippen LogP contribution < -0.4 is 0 Å². The van der Waals surface area contributed by atoms with Crippen LogP contribution >= 0.6 is 15.9 Å². The van der Waals surface area contributed by atoms with Crippen LogP contribution in [0, 0.1) is 5.92 Å². The molecule has 0 saturated carbocycles. The molecule has 24 heavy (non-hydrogen) atoms. The lowest BCUT2D eigenvalue weighted by molar-refractivity contribution is -0.195. The quantitative estimate of drug-likeness (QED) is 0.380. The number of hydrogen-bond donors (Lipinski definition) is 1. The second-order valence-corrected chi connectivity index (χ2v) is 6.53. The summed E-state index contributed by atoms with van der Waals surface area (Å²) >= 11 is 2.48. The Bertz CT molecular complexity index is 334. The maximum atomic E-state index is 11.7. The van der Waals surface area contributed by atoms with Gasteiger partial charge in [0, 0.05) is 11.9 Å². The molecule has 1 heterocycles. The Morgan fingerprint density at radius 2 is 2.08 bits per heavy atom. The van der Waals surface area contributed by atoms with Gasteiger partial charge < -0.3 is 14.6 Å². The first kappa shape index (κ1) is 23.7. The minimum absolute atomic E-state index is 0.00475. The molecule has 0 aromatic carbocycles. The third kappa shape index (κ3) is 11.3. The van der Waals surface area contributed by atoms with Crippen LogP contribution in [0.3, 0.4) is 0 Å². The molecule has 0 aromatic heterocycles. The van der Waals surface area contributed by atoms with E-state index in [0.29, 0.717) is 6.61 Å². The second-order valence-electron chi connectivity index (χ2n) is 5.88. The zero-order valence-electron chi connectivity index (χ0n) is 14.3. The first-order valence-electron chi connectivity index (χ1n) is 8.31. The van der Waals surface area contributed by atoms with Crippen molar-refractivity contribution in [2.24, 2.45) is 5.92 Å². The summed E-state index contributed by atoms with van der Waals surface area (Å²) in [6, 6.07) is 0. The number of ether oxygens (including phenoxy) is 2. The molecule has 8 heteroatoms. The van der Waals surface area contributed by atoms with E-state index in [2.05, 4.69) is 22.9 Å². The van der Waals surface area contributed by atoms with E-state index in [-0.39, 0.29) is 18.0 Å². The Hall–Kier alpha value is -0.340. The van der Waals surface area contributed by atoms with Gasteiger partial charge in [-0.2, -0.15) is 13.2 Å². The van der Waals surface area contributed by atoms with Gasteiger partial charge in [-0.25, -0.2) is 0 Å². The number of carbonyl (C=O) groups is 1. The van der Waals surface area contributed by atoms with Crippen molar-refractivity contribution >= 4 is 21.9 Å². The fourth-order valence-electron chi connectivity index (χ4n) is 1.99. The number of carbonyl (C=O) groups excluding carboxylic acids is 1. The predicted molar refractivity (Wildman–Crippen MR) is 89.1 cm³/mol. The van der Waals surface area contributed by atoms with Gasteiger partial charge in [0.1, 0.15) is 6.10 Å². The van der Waals surface area contributed by atoms with Crippen molar-refractivity contribution in [3.63, 3.8) is 0 Å². The number of alkyl halides is 4. The molecule has 4 nitrogen and oxygen atoms in total. The van der Waals surface area contributed by atoms with Crippen LogP contribution in [-0.4, -0.2) is 48.0 Å². The molecule has 0 aromatic rings. The third-order valence-electron chi connectivity index (χ3n) is 3.57. The number of hydrogen-bond acceptors (Lipinski definition) is 4. The Balaban J connectivity index is 0.000000561. The van der Waals surface area contributed by atoms with Crippen LogP contribution in [0.4, 0.5) is 13.2 Å². The zero-order valence-corrected chi connectivity index (χ0v) is 15.9. The average Bonchev–Trinajstić information content (AvgIpc) is 2.54. The van der Waals surface area contributed by atoms with E-state index in [1.807, 2.05) is 6.92 Å². The minimum atomic E-state index is -4.48. The molecule has 1 N–H and O–H groups in total. The second kappa shape index (κ2) is 12.9. The highest BCUT2D eigenvalue weighted by atomic mass is 79.9. The van der Waals surface area contributed by atoms with Gasteiger partial charge in [0.05, 0.1) is 12.5 Å². The Labute approximate surface area is 150 Å². The summed E-state index contributed by atoms with van der Waals surface area (Å²) in [5, 5.41) is 7.56. The monoisotopic (exact) mass is 420 g/mol. The fraction of sp³-hybridized carbons (Fsp3) is 0.938. The summed E-state index contributed by atoms with van der Waals surface area (Å²) in [5.41, 5.74) is 0. The standard InChI is InChI=1S/C13H24O3.C3H4BrF3O/c1-3-4-5-7-11(2)13(14)16-12-8-6-9-15-10-12;4-1-2(8)3(5,6)7/h11-12H,3-10H2,1-2H3;2,8H,1H2. The smallest absolute Gasteiger partial charge is 0.415 e. The van der Waals surface area contributed by atoms with E-state index < -0.39 is 17.6 Å². The Morgan fingerprint density at radius 3 is 2.50 bits per heavy atom. The summed E-state index contributed by atoms with van der Waals surface area (Å²) in [7, 11) is 0. The fourth-order valence-corrected chi connectivity index (χ4v) is 2.36. The molecule has 144 valence electrons. The predicted octanol–water partition coefficient (Wildman–Crippen LogP) is 4.23. The van der Waals surface area contributed by atoms with E-state index in [1.54, 1.807) is 0 Å². The molecule has 3 unspecified atom stereocenters. The number of unbranched alkanes of at least 4 members (excludes halogenated alkanes) is 2. The maximum Gasteiger partial charge on any atom is 0.415 e. The van der Waals surface area contributed by atoms with Gasteiger partial charge in [0.15, 0.2) is 6.10 Å². The van der Waals surface area contributed by atoms with Crippen molar-refractivity contribution in [3.05, 3.63) is 0 Å². The minimum Gasteiger partial charge on any atom is -0.460 e. The SMILES string of the molecule is CCCCCC(C)C(=O)OC1CCCOC1.OC(CBr)C(F)(F)F. The lowest BCUT2D eigenvalue weighted by atomic mass is 10.0. The molecule has 0 aliphatic carbocycles. The van der Waals surface area contributed by atoms with Crippen molar-refractivity contribution in [2.45, 2.75) is 70.8 Å². The van der Waals surface area contributed by atoms with E-state index in [0.717, 1.165) is 32.3 Å². The van der Waals surface area contributed by atoms with Crippen LogP contribution in [0.25, 0.3) is 0 Å². The number of esters is 1. The number of halogens is 4. The van der Waals surface area contributed by atoms with Crippen molar-refractivity contribution in [2.75, 3.05) is 18.5 Å². The van der Waals surface area contributed by atoms with Crippen LogP contribution in [0.15, 0.2) is 0 Å². The van der Waals surface area contributed by atoms with Crippen LogP contribution in [0.5, 0.6) is 0 Å². The molecule has 3 atom stereocenters. The average molecular weight is 421 g/mol. The normalized spacial score (nSPS) is 20.5. The summed E-state index contributed by atoms with van der Waals surface area (Å²) in [6.07, 6.45) is -0.312. The van der Waals surface area contributed by atoms with Gasteiger partial charge in [0.25, 0.3) is 0 Å². The van der Waals surface area contributed by atoms with Crippen molar-refractivity contribution in [3.8, 4) is 0 Å². The van der Waals surface area contributed by atoms with Crippen LogP contribution in [0.1, 0.15) is 52.4 Å². The number of aliphatic hydroxyl groups excluding tert-OH is 1. The molecular weight excluding hydrogens is 393 g/mol. The first-order chi connectivity index (χ1) is 11.2. The first-order valence-corrected chi connectivity index (χ1v) is 9.43. The van der Waals surface area contributed by atoms with E-state index in [4.69, 9.17) is 14.6 Å². The maximum absolute atomic E-state index is 11.7. The highest BCUT2D eigenvalue weighted by molar-refractivity contribution is 9.09. The molecule has 1 aliphatic heterocycles. The lowest BCUT2D eigenvalue weighted by Crippen LogP contribution is -2.30. The van der Waals surface area contributed by atoms with E-state index in [9.17, 15) is 18.0 Å². The summed E-state index contributed by atoms with van der Waals surface area (Å²) in [6.45, 7) is 5.51. The van der Waals surface area contributed by atoms with Gasteiger partial charge in [-0.05, 0) is 19.3 Å². The highest BCUT2D eigenvalue weighted by Gasteiger charge is 2.36. The van der Waals surface area contributed by atoms with Gasteiger partial charge in [-0.15, -0.1) is 0 Å². The lowest BCUT2D eigenvalue weighted by Gasteiger charge is -2.23. The molecule has 1 rings (SSSR count). The van der Waals surface area contributed by atoms with Crippen LogP contribution in [-0.2, 0) is 14.3 Å². The van der Waals surface area contributed by atoms with Gasteiger partial charge >= 0.3 is 12.1 Å². The van der Waals surface area contributed by atoms with Crippen molar-refractivity contribution < 1.29 is 32.5 Å². The van der Waals surface area contributed by atoms with E-state index in [1.165, 1.54) is 12.8 Å². The van der Waals surface area contributed by atoms with Gasteiger partial charge in [0.2, 0.25) is 0 Å². The molecule has 0 radical (unpaired) electrons. The molecule has 1 aliphatic rings. The number of aliphatic hydroxyl groups is 1. The van der Waals surface area contributed by atoms with Gasteiger partial charge in [-0.3, -0.25) is 4.79 Å². The van der Waals surface area contributed by atoms with Crippen molar-refractivity contribution in [1.29, 1.82) is 0 Å². The molecule has 0 amide bonds. The van der Waals surface area contributed by atoms with E-state index >= 15 is 0 Å². The molecule has 1 saturated heterocycles. The highest BCUT2D eigenvalue weighted by Crippen LogP contribution is 2.20. The summed E-state index contributed by atoms with van der Waals surface area (Å²) in [5.74, 6) is -0.0138. The zero-order chi connectivity index (χ0) is 18.6.